The van der Waals surface area contributed by atoms with E-state index in [1.807, 2.05) is 0 Å². The molecular formula is C15H21Cl2N5O. The van der Waals surface area contributed by atoms with Crippen molar-refractivity contribution in [2.45, 2.75) is 12.8 Å². The summed E-state index contributed by atoms with van der Waals surface area (Å²) in [5.41, 5.74) is 0.623. The first kappa shape index (κ1) is 19.4. The van der Waals surface area contributed by atoms with Crippen LogP contribution in [0.4, 0.5) is 0 Å². The summed E-state index contributed by atoms with van der Waals surface area (Å²) in [7, 11) is 0. The van der Waals surface area contributed by atoms with Crippen LogP contribution in [0.15, 0.2) is 37.1 Å². The van der Waals surface area contributed by atoms with Crippen LogP contribution in [0.5, 0.6) is 0 Å². The molecular weight excluding hydrogens is 337 g/mol. The van der Waals surface area contributed by atoms with Crippen molar-refractivity contribution in [2.24, 2.45) is 5.92 Å². The summed E-state index contributed by atoms with van der Waals surface area (Å²) < 4.78 is 1.78. The molecule has 6 nitrogen and oxygen atoms in total. The van der Waals surface area contributed by atoms with E-state index in [0.29, 0.717) is 23.8 Å². The number of carbonyl (C=O) groups is 1. The number of nitrogens with one attached hydrogen (secondary N) is 2. The van der Waals surface area contributed by atoms with E-state index in [2.05, 4.69) is 20.6 Å². The molecule has 1 amide bonds. The van der Waals surface area contributed by atoms with Gasteiger partial charge in [-0.15, -0.1) is 24.8 Å². The molecule has 8 heteroatoms. The molecule has 1 atom stereocenters. The number of carbonyl (C=O) groups excluding carboxylic acids is 1. The first-order valence-electron chi connectivity index (χ1n) is 7.26. The molecule has 126 valence electrons. The number of imidazole rings is 1. The molecule has 0 spiro atoms. The van der Waals surface area contributed by atoms with Crippen molar-refractivity contribution in [1.29, 1.82) is 0 Å². The molecule has 23 heavy (non-hydrogen) atoms. The Kier molecular flexibility index (Phi) is 8.02. The van der Waals surface area contributed by atoms with E-state index in [1.165, 1.54) is 12.8 Å². The van der Waals surface area contributed by atoms with E-state index in [1.54, 1.807) is 41.6 Å². The quantitative estimate of drug-likeness (QED) is 0.875. The third kappa shape index (κ3) is 5.20. The lowest BCUT2D eigenvalue weighted by atomic mass is 10.00. The summed E-state index contributed by atoms with van der Waals surface area (Å²) in [6.07, 6.45) is 9.15. The highest BCUT2D eigenvalue weighted by atomic mass is 35.5. The van der Waals surface area contributed by atoms with Gasteiger partial charge in [0.15, 0.2) is 0 Å². The topological polar surface area (TPSA) is 71.8 Å². The van der Waals surface area contributed by atoms with Crippen molar-refractivity contribution >= 4 is 30.7 Å². The Labute approximate surface area is 147 Å². The molecule has 3 rings (SSSR count). The molecule has 2 aromatic rings. The van der Waals surface area contributed by atoms with Gasteiger partial charge in [-0.2, -0.15) is 0 Å². The number of aromatic nitrogens is 3. The maximum Gasteiger partial charge on any atom is 0.251 e. The number of hydrogen-bond acceptors (Lipinski definition) is 4. The lowest BCUT2D eigenvalue weighted by molar-refractivity contribution is 0.0944. The number of pyridine rings is 1. The summed E-state index contributed by atoms with van der Waals surface area (Å²) in [6, 6.07) is 3.50. The third-order valence-electron chi connectivity index (χ3n) is 3.73. The second-order valence-electron chi connectivity index (χ2n) is 5.30. The van der Waals surface area contributed by atoms with E-state index in [4.69, 9.17) is 0 Å². The van der Waals surface area contributed by atoms with Crippen molar-refractivity contribution in [3.8, 4) is 5.82 Å². The molecule has 0 radical (unpaired) electrons. The number of nitrogens with zero attached hydrogens (tertiary/aromatic N) is 3. The lowest BCUT2D eigenvalue weighted by Crippen LogP contribution is -2.38. The normalized spacial score (nSPS) is 16.8. The summed E-state index contributed by atoms with van der Waals surface area (Å²) in [5.74, 6) is 1.17. The molecule has 0 aliphatic carbocycles. The molecule has 1 saturated heterocycles. The predicted molar refractivity (Wildman–Crippen MR) is 93.8 cm³/mol. The summed E-state index contributed by atoms with van der Waals surface area (Å²) in [6.45, 7) is 2.79. The number of halogens is 2. The highest BCUT2D eigenvalue weighted by molar-refractivity contribution is 5.94. The van der Waals surface area contributed by atoms with Crippen molar-refractivity contribution in [3.05, 3.63) is 42.6 Å². The molecule has 0 saturated carbocycles. The molecule has 3 heterocycles. The van der Waals surface area contributed by atoms with Gasteiger partial charge in [0.25, 0.3) is 5.91 Å². The predicted octanol–water partition coefficient (Wildman–Crippen LogP) is 1.84. The Morgan fingerprint density at radius 1 is 1.39 bits per heavy atom. The fourth-order valence-electron chi connectivity index (χ4n) is 2.53. The Hall–Kier alpha value is -1.63. The van der Waals surface area contributed by atoms with Gasteiger partial charge < -0.3 is 10.6 Å². The van der Waals surface area contributed by atoms with E-state index < -0.39 is 0 Å². The number of amides is 1. The van der Waals surface area contributed by atoms with Crippen LogP contribution in [0.1, 0.15) is 23.2 Å². The van der Waals surface area contributed by atoms with Gasteiger partial charge in [-0.3, -0.25) is 9.36 Å². The van der Waals surface area contributed by atoms with Gasteiger partial charge in [-0.1, -0.05) is 0 Å². The lowest BCUT2D eigenvalue weighted by Gasteiger charge is -2.22. The minimum absolute atomic E-state index is 0. The van der Waals surface area contributed by atoms with Crippen LogP contribution in [0, 0.1) is 5.92 Å². The summed E-state index contributed by atoms with van der Waals surface area (Å²) in [4.78, 5) is 20.5. The van der Waals surface area contributed by atoms with Crippen LogP contribution in [0.3, 0.4) is 0 Å². The Balaban J connectivity index is 0.00000132. The van der Waals surface area contributed by atoms with Crippen LogP contribution < -0.4 is 10.6 Å². The third-order valence-corrected chi connectivity index (χ3v) is 3.73. The van der Waals surface area contributed by atoms with Crippen LogP contribution in [-0.2, 0) is 0 Å². The Morgan fingerprint density at radius 2 is 2.26 bits per heavy atom. The molecule has 0 aromatic carbocycles. The van der Waals surface area contributed by atoms with Gasteiger partial charge in [-0.25, -0.2) is 9.97 Å². The molecule has 1 aliphatic heterocycles. The van der Waals surface area contributed by atoms with Crippen LogP contribution >= 0.6 is 24.8 Å². The molecule has 0 bridgehead atoms. The van der Waals surface area contributed by atoms with Crippen LogP contribution in [0.25, 0.3) is 5.82 Å². The molecule has 1 aliphatic rings. The Morgan fingerprint density at radius 3 is 2.96 bits per heavy atom. The minimum Gasteiger partial charge on any atom is -0.352 e. The largest absolute Gasteiger partial charge is 0.352 e. The van der Waals surface area contributed by atoms with Crippen molar-refractivity contribution < 1.29 is 4.79 Å². The number of hydrogen-bond donors (Lipinski definition) is 2. The average molecular weight is 358 g/mol. The first-order valence-corrected chi connectivity index (χ1v) is 7.26. The SMILES string of the molecule is Cl.Cl.O=C(NCC1CCCNC1)c1ccnc(-n2ccnc2)c1. The van der Waals surface area contributed by atoms with E-state index >= 15 is 0 Å². The minimum atomic E-state index is -0.0515. The highest BCUT2D eigenvalue weighted by Crippen LogP contribution is 2.10. The van der Waals surface area contributed by atoms with Gasteiger partial charge in [0, 0.05) is 30.7 Å². The monoisotopic (exact) mass is 357 g/mol. The van der Waals surface area contributed by atoms with E-state index in [9.17, 15) is 4.79 Å². The number of rotatable bonds is 4. The fourth-order valence-corrected chi connectivity index (χ4v) is 2.53. The second-order valence-corrected chi connectivity index (χ2v) is 5.30. The maximum atomic E-state index is 12.2. The zero-order valence-corrected chi connectivity index (χ0v) is 14.3. The van der Waals surface area contributed by atoms with Gasteiger partial charge in [-0.05, 0) is 44.0 Å². The molecule has 2 N–H and O–H groups in total. The first-order chi connectivity index (χ1) is 10.3. The van der Waals surface area contributed by atoms with Crippen LogP contribution in [-0.4, -0.2) is 40.1 Å². The van der Waals surface area contributed by atoms with Gasteiger partial charge in [0.1, 0.15) is 12.1 Å². The fraction of sp³-hybridized carbons (Fsp3) is 0.400. The zero-order chi connectivity index (χ0) is 14.5. The van der Waals surface area contributed by atoms with Crippen molar-refractivity contribution in [1.82, 2.24) is 25.2 Å². The smallest absolute Gasteiger partial charge is 0.251 e. The van der Waals surface area contributed by atoms with E-state index in [-0.39, 0.29) is 30.7 Å². The van der Waals surface area contributed by atoms with Gasteiger partial charge >= 0.3 is 0 Å². The van der Waals surface area contributed by atoms with Gasteiger partial charge in [0.2, 0.25) is 0 Å². The standard InChI is InChI=1S/C15H19N5O.2ClH/c21-15(19-10-12-2-1-4-16-9-12)13-3-5-18-14(8-13)20-7-6-17-11-20;;/h3,5-8,11-12,16H,1-2,4,9-10H2,(H,19,21);2*1H. The number of piperidine rings is 1. The summed E-state index contributed by atoms with van der Waals surface area (Å²) >= 11 is 0. The average Bonchev–Trinajstić information content (AvgIpc) is 3.08. The molecule has 2 aromatic heterocycles. The molecule has 1 unspecified atom stereocenters. The van der Waals surface area contributed by atoms with Gasteiger partial charge in [0.05, 0.1) is 0 Å². The molecule has 1 fully saturated rings. The summed E-state index contributed by atoms with van der Waals surface area (Å²) in [5, 5.41) is 6.36. The second kappa shape index (κ2) is 9.50. The zero-order valence-electron chi connectivity index (χ0n) is 12.6. The Bertz CT molecular complexity index is 600. The van der Waals surface area contributed by atoms with E-state index in [0.717, 1.165) is 13.1 Å². The van der Waals surface area contributed by atoms with Crippen LogP contribution in [0.2, 0.25) is 0 Å². The highest BCUT2D eigenvalue weighted by Gasteiger charge is 2.14. The maximum absolute atomic E-state index is 12.2. The van der Waals surface area contributed by atoms with Crippen molar-refractivity contribution in [2.75, 3.05) is 19.6 Å². The van der Waals surface area contributed by atoms with Crippen molar-refractivity contribution in [3.63, 3.8) is 0 Å².